The van der Waals surface area contributed by atoms with E-state index in [2.05, 4.69) is 30.2 Å². The molecule has 0 amide bonds. The molecule has 1 heterocycles. The number of carboxylic acid groups (broad SMARTS) is 1. The Labute approximate surface area is 120 Å². The lowest BCUT2D eigenvalue weighted by atomic mass is 10.2. The van der Waals surface area contributed by atoms with E-state index in [1.54, 1.807) is 0 Å². The van der Waals surface area contributed by atoms with Gasteiger partial charge in [-0.05, 0) is 34.1 Å². The lowest BCUT2D eigenvalue weighted by Crippen LogP contribution is -2.13. The highest BCUT2D eigenvalue weighted by Gasteiger charge is 2.20. The smallest absolute Gasteiger partial charge is 0.335 e. The van der Waals surface area contributed by atoms with Crippen molar-refractivity contribution in [1.82, 2.24) is 9.59 Å². The minimum Gasteiger partial charge on any atom is -0.478 e. The van der Waals surface area contributed by atoms with Crippen LogP contribution in [-0.4, -0.2) is 29.1 Å². The highest BCUT2D eigenvalue weighted by Crippen LogP contribution is 2.26. The number of halogens is 1. The summed E-state index contributed by atoms with van der Waals surface area (Å²) in [5.74, 6) is -1.21. The third-order valence-corrected chi connectivity index (χ3v) is 5.13. The minimum atomic E-state index is -3.90. The van der Waals surface area contributed by atoms with Crippen LogP contribution < -0.4 is 4.72 Å². The van der Waals surface area contributed by atoms with Crippen molar-refractivity contribution in [2.45, 2.75) is 4.90 Å². The van der Waals surface area contributed by atoms with Crippen LogP contribution in [0.25, 0.3) is 0 Å². The number of aromatic nitrogens is 2. The zero-order chi connectivity index (χ0) is 14.0. The van der Waals surface area contributed by atoms with E-state index in [1.165, 1.54) is 18.3 Å². The molecule has 1 aromatic carbocycles. The molecule has 19 heavy (non-hydrogen) atoms. The Kier molecular flexibility index (Phi) is 3.83. The Morgan fingerprint density at radius 2 is 2.16 bits per heavy atom. The fourth-order valence-corrected chi connectivity index (χ4v) is 3.92. The number of carboxylic acids is 1. The third kappa shape index (κ3) is 3.08. The molecule has 0 saturated carbocycles. The van der Waals surface area contributed by atoms with Gasteiger partial charge in [-0.25, -0.2) is 13.2 Å². The second-order valence-electron chi connectivity index (χ2n) is 3.34. The fraction of sp³-hybridized carbons (Fsp3) is 0. The van der Waals surface area contributed by atoms with Gasteiger partial charge in [0.1, 0.15) is 9.90 Å². The molecule has 2 rings (SSSR count). The zero-order valence-electron chi connectivity index (χ0n) is 9.07. The molecule has 0 fully saturated rings. The second-order valence-corrected chi connectivity index (χ2v) is 6.63. The summed E-state index contributed by atoms with van der Waals surface area (Å²) < 4.78 is 30.3. The highest BCUT2D eigenvalue weighted by molar-refractivity contribution is 9.10. The molecule has 0 aliphatic carbocycles. The van der Waals surface area contributed by atoms with Crippen molar-refractivity contribution in [1.29, 1.82) is 0 Å². The second kappa shape index (κ2) is 5.23. The Bertz CT molecular complexity index is 715. The Morgan fingerprint density at radius 1 is 1.42 bits per heavy atom. The van der Waals surface area contributed by atoms with E-state index in [4.69, 9.17) is 5.11 Å². The summed E-state index contributed by atoms with van der Waals surface area (Å²) >= 11 is 3.96. The van der Waals surface area contributed by atoms with Gasteiger partial charge in [0, 0.05) is 16.0 Å². The Balaban J connectivity index is 2.45. The molecule has 0 aliphatic rings. The van der Waals surface area contributed by atoms with Gasteiger partial charge in [-0.1, -0.05) is 4.49 Å². The van der Waals surface area contributed by atoms with E-state index in [0.717, 1.165) is 17.6 Å². The molecule has 0 bridgehead atoms. The number of rotatable bonds is 4. The molecular formula is C9H6BrN3O4S2. The maximum Gasteiger partial charge on any atom is 0.335 e. The van der Waals surface area contributed by atoms with Crippen LogP contribution in [-0.2, 0) is 10.0 Å². The average molecular weight is 364 g/mol. The van der Waals surface area contributed by atoms with E-state index in [0.29, 0.717) is 0 Å². The quantitative estimate of drug-likeness (QED) is 0.856. The number of aromatic carboxylic acids is 1. The first-order valence-corrected chi connectivity index (χ1v) is 7.78. The molecule has 0 aliphatic heterocycles. The van der Waals surface area contributed by atoms with Gasteiger partial charge >= 0.3 is 5.97 Å². The summed E-state index contributed by atoms with van der Waals surface area (Å²) in [5.41, 5.74) is -0.119. The molecule has 1 aromatic heterocycles. The predicted octanol–water partition coefficient (Wildman–Crippen LogP) is 1.80. The molecule has 2 aromatic rings. The van der Waals surface area contributed by atoms with Gasteiger partial charge < -0.3 is 5.11 Å². The number of benzene rings is 1. The highest BCUT2D eigenvalue weighted by atomic mass is 79.9. The van der Waals surface area contributed by atoms with Crippen LogP contribution in [0.15, 0.2) is 33.8 Å². The van der Waals surface area contributed by atoms with Crippen molar-refractivity contribution in [3.05, 3.63) is 34.4 Å². The van der Waals surface area contributed by atoms with Crippen LogP contribution in [0.5, 0.6) is 0 Å². The van der Waals surface area contributed by atoms with Crippen molar-refractivity contribution in [2.75, 3.05) is 4.72 Å². The van der Waals surface area contributed by atoms with Gasteiger partial charge in [0.05, 0.1) is 11.8 Å². The Morgan fingerprint density at radius 3 is 2.74 bits per heavy atom. The maximum atomic E-state index is 12.1. The monoisotopic (exact) mass is 363 g/mol. The standard InChI is InChI=1S/C9H6BrN3O4S2/c10-6-2-1-5(9(14)15)3-7(6)19(16,17)12-8-4-11-13-18-8/h1-4,12H,(H,14,15). The first kappa shape index (κ1) is 13.9. The number of hydrogen-bond acceptors (Lipinski definition) is 6. The summed E-state index contributed by atoms with van der Waals surface area (Å²) in [6.45, 7) is 0. The third-order valence-electron chi connectivity index (χ3n) is 2.06. The van der Waals surface area contributed by atoms with E-state index in [1.807, 2.05) is 0 Å². The SMILES string of the molecule is O=C(O)c1ccc(Br)c(S(=O)(=O)Nc2cnns2)c1. The largest absolute Gasteiger partial charge is 0.478 e. The molecule has 2 N–H and O–H groups in total. The van der Waals surface area contributed by atoms with Gasteiger partial charge in [0.25, 0.3) is 10.0 Å². The van der Waals surface area contributed by atoms with Crippen LogP contribution in [0.1, 0.15) is 10.4 Å². The van der Waals surface area contributed by atoms with Gasteiger partial charge in [-0.15, -0.1) is 5.10 Å². The van der Waals surface area contributed by atoms with Crippen LogP contribution in [0.2, 0.25) is 0 Å². The summed E-state index contributed by atoms with van der Waals surface area (Å²) in [6, 6.07) is 3.74. The van der Waals surface area contributed by atoms with E-state index in [-0.39, 0.29) is 19.9 Å². The normalized spacial score (nSPS) is 11.2. The number of hydrogen-bond donors (Lipinski definition) is 2. The van der Waals surface area contributed by atoms with Gasteiger partial charge in [0.15, 0.2) is 0 Å². The van der Waals surface area contributed by atoms with Gasteiger partial charge in [-0.3, -0.25) is 4.72 Å². The molecule has 0 atom stereocenters. The first-order chi connectivity index (χ1) is 8.90. The molecule has 100 valence electrons. The van der Waals surface area contributed by atoms with Crippen molar-refractivity contribution >= 4 is 48.5 Å². The van der Waals surface area contributed by atoms with E-state index >= 15 is 0 Å². The number of sulfonamides is 1. The van der Waals surface area contributed by atoms with Crippen LogP contribution in [0, 0.1) is 0 Å². The first-order valence-electron chi connectivity index (χ1n) is 4.73. The van der Waals surface area contributed by atoms with Gasteiger partial charge in [0.2, 0.25) is 0 Å². The van der Waals surface area contributed by atoms with Crippen molar-refractivity contribution in [3.63, 3.8) is 0 Å². The number of nitrogens with zero attached hydrogens (tertiary/aromatic N) is 2. The zero-order valence-corrected chi connectivity index (χ0v) is 12.3. The molecule has 0 saturated heterocycles. The molecule has 0 unspecified atom stereocenters. The summed E-state index contributed by atoms with van der Waals surface area (Å²) in [7, 11) is -3.90. The molecule has 0 radical (unpaired) electrons. The van der Waals surface area contributed by atoms with Crippen LogP contribution in [0.3, 0.4) is 0 Å². The molecule has 0 spiro atoms. The predicted molar refractivity (Wildman–Crippen MR) is 71.8 cm³/mol. The van der Waals surface area contributed by atoms with Crippen molar-refractivity contribution in [3.8, 4) is 0 Å². The molecule has 10 heteroatoms. The van der Waals surface area contributed by atoms with Crippen molar-refractivity contribution < 1.29 is 18.3 Å². The molecular weight excluding hydrogens is 358 g/mol. The molecule has 7 nitrogen and oxygen atoms in total. The van der Waals surface area contributed by atoms with E-state index in [9.17, 15) is 13.2 Å². The average Bonchev–Trinajstić information content (AvgIpc) is 2.81. The number of nitrogens with one attached hydrogen (secondary N) is 1. The van der Waals surface area contributed by atoms with Crippen LogP contribution >= 0.6 is 27.5 Å². The number of carbonyl (C=O) groups is 1. The van der Waals surface area contributed by atoms with Crippen LogP contribution in [0.4, 0.5) is 5.00 Å². The minimum absolute atomic E-state index is 0.119. The Hall–Kier alpha value is -1.52. The summed E-state index contributed by atoms with van der Waals surface area (Å²) in [5, 5.41) is 12.6. The topological polar surface area (TPSA) is 109 Å². The maximum absolute atomic E-state index is 12.1. The van der Waals surface area contributed by atoms with Crippen molar-refractivity contribution in [2.24, 2.45) is 0 Å². The van der Waals surface area contributed by atoms with E-state index < -0.39 is 16.0 Å². The lowest BCUT2D eigenvalue weighted by molar-refractivity contribution is 0.0696. The lowest BCUT2D eigenvalue weighted by Gasteiger charge is -2.08. The van der Waals surface area contributed by atoms with Gasteiger partial charge in [-0.2, -0.15) is 0 Å². The number of anilines is 1. The summed E-state index contributed by atoms with van der Waals surface area (Å²) in [4.78, 5) is 10.7. The summed E-state index contributed by atoms with van der Waals surface area (Å²) in [6.07, 6.45) is 1.26. The fourth-order valence-electron chi connectivity index (χ4n) is 1.24.